The zero-order valence-corrected chi connectivity index (χ0v) is 17.4. The minimum atomic E-state index is -4.97. The lowest BCUT2D eigenvalue weighted by atomic mass is 10.2. The van der Waals surface area contributed by atoms with E-state index in [4.69, 9.17) is 5.26 Å². The van der Waals surface area contributed by atoms with Gasteiger partial charge in [-0.15, -0.1) is 13.2 Å². The summed E-state index contributed by atoms with van der Waals surface area (Å²) in [6.07, 6.45) is -4.97. The lowest BCUT2D eigenvalue weighted by molar-refractivity contribution is -0.274. The van der Waals surface area contributed by atoms with E-state index in [2.05, 4.69) is 20.1 Å². The summed E-state index contributed by atoms with van der Waals surface area (Å²) in [6, 6.07) is 17.0. The number of sulfonamides is 1. The van der Waals surface area contributed by atoms with Crippen molar-refractivity contribution in [2.45, 2.75) is 11.3 Å². The SMILES string of the molecule is N#Cc1ccc(NC(=O)Nc2ccccc2OC(F)(F)F)c(NS(=O)(=O)c2ccccc2)c1. The van der Waals surface area contributed by atoms with Crippen molar-refractivity contribution >= 4 is 33.1 Å². The summed E-state index contributed by atoms with van der Waals surface area (Å²) in [6.45, 7) is 0. The maximum Gasteiger partial charge on any atom is 0.573 e. The second kappa shape index (κ2) is 9.49. The Kier molecular flexibility index (Phi) is 6.74. The van der Waals surface area contributed by atoms with Gasteiger partial charge in [-0.25, -0.2) is 13.2 Å². The van der Waals surface area contributed by atoms with E-state index >= 15 is 0 Å². The van der Waals surface area contributed by atoms with Gasteiger partial charge in [0.1, 0.15) is 0 Å². The number of carbonyl (C=O) groups is 1. The highest BCUT2D eigenvalue weighted by Crippen LogP contribution is 2.31. The molecule has 3 aromatic carbocycles. The molecule has 170 valence electrons. The first kappa shape index (κ1) is 23.4. The topological polar surface area (TPSA) is 120 Å². The van der Waals surface area contributed by atoms with Gasteiger partial charge in [-0.3, -0.25) is 4.72 Å². The number of benzene rings is 3. The Morgan fingerprint density at radius 3 is 2.18 bits per heavy atom. The first-order valence-electron chi connectivity index (χ1n) is 9.12. The highest BCUT2D eigenvalue weighted by atomic mass is 32.2. The van der Waals surface area contributed by atoms with Crippen LogP contribution in [0.4, 0.5) is 35.0 Å². The van der Waals surface area contributed by atoms with Crippen molar-refractivity contribution in [3.63, 3.8) is 0 Å². The quantitative estimate of drug-likeness (QED) is 0.467. The highest BCUT2D eigenvalue weighted by molar-refractivity contribution is 7.92. The maximum absolute atomic E-state index is 12.7. The number of rotatable bonds is 6. The largest absolute Gasteiger partial charge is 0.573 e. The Morgan fingerprint density at radius 1 is 0.879 bits per heavy atom. The standard InChI is InChI=1S/C21H15F3N4O4S/c22-21(23,24)32-19-9-5-4-8-17(19)27-20(29)26-16-11-10-14(13-25)12-18(16)28-33(30,31)15-6-2-1-3-7-15/h1-12,28H,(H2,26,27,29). The summed E-state index contributed by atoms with van der Waals surface area (Å²) < 4.78 is 69.3. The summed E-state index contributed by atoms with van der Waals surface area (Å²) in [7, 11) is -4.06. The maximum atomic E-state index is 12.7. The van der Waals surface area contributed by atoms with Crippen LogP contribution in [0.25, 0.3) is 0 Å². The van der Waals surface area contributed by atoms with Gasteiger partial charge in [-0.2, -0.15) is 5.26 Å². The van der Waals surface area contributed by atoms with E-state index in [1.54, 1.807) is 6.07 Å². The molecule has 0 aliphatic carbocycles. The number of alkyl halides is 3. The van der Waals surface area contributed by atoms with Crippen LogP contribution in [-0.2, 0) is 10.0 Å². The van der Waals surface area contributed by atoms with Gasteiger partial charge >= 0.3 is 12.4 Å². The fourth-order valence-electron chi connectivity index (χ4n) is 2.67. The summed E-state index contributed by atoms with van der Waals surface area (Å²) in [5.74, 6) is -0.634. The van der Waals surface area contributed by atoms with Gasteiger partial charge in [0, 0.05) is 0 Å². The van der Waals surface area contributed by atoms with Crippen LogP contribution in [-0.4, -0.2) is 20.8 Å². The van der Waals surface area contributed by atoms with Crippen molar-refractivity contribution in [2.75, 3.05) is 15.4 Å². The van der Waals surface area contributed by atoms with E-state index in [9.17, 15) is 26.4 Å². The van der Waals surface area contributed by atoms with E-state index in [0.29, 0.717) is 0 Å². The average Bonchev–Trinajstić information content (AvgIpc) is 2.76. The third-order valence-corrected chi connectivity index (χ3v) is 5.44. The van der Waals surface area contributed by atoms with Gasteiger partial charge in [0.05, 0.1) is 33.6 Å². The summed E-state index contributed by atoms with van der Waals surface area (Å²) in [4.78, 5) is 12.4. The van der Waals surface area contributed by atoms with E-state index in [-0.39, 0.29) is 27.5 Å². The Labute approximate surface area is 186 Å². The third kappa shape index (κ3) is 6.37. The van der Waals surface area contributed by atoms with Crippen LogP contribution >= 0.6 is 0 Å². The zero-order valence-electron chi connectivity index (χ0n) is 16.6. The van der Waals surface area contributed by atoms with E-state index in [1.165, 1.54) is 60.7 Å². The molecule has 0 radical (unpaired) electrons. The Balaban J connectivity index is 1.85. The number of urea groups is 1. The number of carbonyl (C=O) groups excluding carboxylic acids is 1. The fraction of sp³-hybridized carbons (Fsp3) is 0.0476. The van der Waals surface area contributed by atoms with Gasteiger partial charge in [-0.05, 0) is 42.5 Å². The van der Waals surface area contributed by atoms with Gasteiger partial charge in [0.15, 0.2) is 5.75 Å². The van der Waals surface area contributed by atoms with Crippen molar-refractivity contribution in [3.05, 3.63) is 78.4 Å². The van der Waals surface area contributed by atoms with Crippen LogP contribution in [0.5, 0.6) is 5.75 Å². The molecule has 0 aliphatic rings. The van der Waals surface area contributed by atoms with Gasteiger partial charge < -0.3 is 15.4 Å². The molecule has 0 saturated carbocycles. The number of para-hydroxylation sites is 2. The predicted octanol–water partition coefficient (Wildman–Crippen LogP) is 4.90. The first-order valence-corrected chi connectivity index (χ1v) is 10.6. The van der Waals surface area contributed by atoms with Crippen LogP contribution in [0.3, 0.4) is 0 Å². The van der Waals surface area contributed by atoms with E-state index in [1.807, 2.05) is 6.07 Å². The number of nitrogens with one attached hydrogen (secondary N) is 3. The highest BCUT2D eigenvalue weighted by Gasteiger charge is 2.32. The average molecular weight is 476 g/mol. The molecule has 0 aromatic heterocycles. The number of hydrogen-bond donors (Lipinski definition) is 3. The molecule has 3 aromatic rings. The monoisotopic (exact) mass is 476 g/mol. The minimum Gasteiger partial charge on any atom is -0.404 e. The molecule has 0 spiro atoms. The van der Waals surface area contributed by atoms with Crippen molar-refractivity contribution in [2.24, 2.45) is 0 Å². The summed E-state index contributed by atoms with van der Waals surface area (Å²) >= 11 is 0. The molecule has 0 atom stereocenters. The number of nitrogens with zero attached hydrogens (tertiary/aromatic N) is 1. The van der Waals surface area contributed by atoms with Crippen molar-refractivity contribution < 1.29 is 31.1 Å². The van der Waals surface area contributed by atoms with Crippen LogP contribution < -0.4 is 20.1 Å². The van der Waals surface area contributed by atoms with Gasteiger partial charge in [0.2, 0.25) is 0 Å². The number of nitriles is 1. The summed E-state index contributed by atoms with van der Waals surface area (Å²) in [5, 5.41) is 13.7. The molecule has 0 fully saturated rings. The Morgan fingerprint density at radius 2 is 1.52 bits per heavy atom. The molecule has 12 heteroatoms. The van der Waals surface area contributed by atoms with Crippen molar-refractivity contribution in [3.8, 4) is 11.8 Å². The molecule has 33 heavy (non-hydrogen) atoms. The number of amides is 2. The molecule has 3 N–H and O–H groups in total. The molecule has 0 aliphatic heterocycles. The minimum absolute atomic E-state index is 0.0415. The molecule has 0 unspecified atom stereocenters. The van der Waals surface area contributed by atoms with E-state index < -0.39 is 28.2 Å². The number of ether oxygens (including phenoxy) is 1. The van der Waals surface area contributed by atoms with Crippen molar-refractivity contribution in [1.82, 2.24) is 0 Å². The lowest BCUT2D eigenvalue weighted by Gasteiger charge is -2.16. The lowest BCUT2D eigenvalue weighted by Crippen LogP contribution is -2.23. The smallest absolute Gasteiger partial charge is 0.404 e. The molecule has 2 amide bonds. The molecule has 3 rings (SSSR count). The second-order valence-corrected chi connectivity index (χ2v) is 8.10. The number of hydrogen-bond acceptors (Lipinski definition) is 5. The van der Waals surface area contributed by atoms with E-state index in [0.717, 1.165) is 6.07 Å². The molecule has 0 heterocycles. The normalized spacial score (nSPS) is 11.2. The second-order valence-electron chi connectivity index (χ2n) is 6.41. The Hall–Kier alpha value is -4.24. The molecule has 0 saturated heterocycles. The molecule has 0 bridgehead atoms. The summed E-state index contributed by atoms with van der Waals surface area (Å²) in [5.41, 5.74) is -0.323. The molecular weight excluding hydrogens is 461 g/mol. The Bertz CT molecular complexity index is 1310. The van der Waals surface area contributed by atoms with Crippen LogP contribution in [0.2, 0.25) is 0 Å². The number of halogens is 3. The van der Waals surface area contributed by atoms with Gasteiger partial charge in [0.25, 0.3) is 10.0 Å². The van der Waals surface area contributed by atoms with Crippen molar-refractivity contribution in [1.29, 1.82) is 5.26 Å². The number of anilines is 3. The third-order valence-electron chi connectivity index (χ3n) is 4.06. The molecular formula is C21H15F3N4O4S. The van der Waals surface area contributed by atoms with Crippen LogP contribution in [0.15, 0.2) is 77.7 Å². The fourth-order valence-corrected chi connectivity index (χ4v) is 3.76. The first-order chi connectivity index (χ1) is 15.6. The zero-order chi connectivity index (χ0) is 24.1. The van der Waals surface area contributed by atoms with Gasteiger partial charge in [-0.1, -0.05) is 30.3 Å². The van der Waals surface area contributed by atoms with Crippen LogP contribution in [0.1, 0.15) is 5.56 Å². The predicted molar refractivity (Wildman–Crippen MR) is 114 cm³/mol. The van der Waals surface area contributed by atoms with Crippen LogP contribution in [0, 0.1) is 11.3 Å². The molecule has 8 nitrogen and oxygen atoms in total.